The summed E-state index contributed by atoms with van der Waals surface area (Å²) in [5.74, 6) is 0.708. The molecule has 1 rings (SSSR count). The molecule has 0 saturated heterocycles. The van der Waals surface area contributed by atoms with Crippen molar-refractivity contribution in [1.29, 1.82) is 0 Å². The fourth-order valence-electron chi connectivity index (χ4n) is 1.44. The van der Waals surface area contributed by atoms with Gasteiger partial charge in [-0.25, -0.2) is 4.98 Å². The Morgan fingerprint density at radius 2 is 2.47 bits per heavy atom. The average Bonchev–Trinajstić information content (AvgIpc) is 2.58. The topological polar surface area (TPSA) is 72.9 Å². The van der Waals surface area contributed by atoms with Gasteiger partial charge in [-0.1, -0.05) is 6.92 Å². The molecule has 1 atom stereocenters. The van der Waals surface area contributed by atoms with Crippen molar-refractivity contribution in [2.75, 3.05) is 6.54 Å². The smallest absolute Gasteiger partial charge is 0.234 e. The van der Waals surface area contributed by atoms with Gasteiger partial charge in [0.05, 0.1) is 6.04 Å². The van der Waals surface area contributed by atoms with Gasteiger partial charge in [0.25, 0.3) is 0 Å². The lowest BCUT2D eigenvalue weighted by Crippen LogP contribution is -2.41. The molecule has 3 N–H and O–H groups in total. The van der Waals surface area contributed by atoms with Crippen LogP contribution in [0, 0.1) is 0 Å². The first-order valence-corrected chi connectivity index (χ1v) is 5.14. The standard InChI is InChI=1S/C10H18N4O/c1-3-8(10(11)15)12-5-4-9-13-6-7-14(9)2/h6-8,12H,3-5H2,1-2H3,(H2,11,15). The Hall–Kier alpha value is -1.36. The van der Waals surface area contributed by atoms with Crippen LogP contribution in [0.2, 0.25) is 0 Å². The van der Waals surface area contributed by atoms with Crippen LogP contribution in [0.1, 0.15) is 19.2 Å². The number of nitrogens with zero attached hydrogens (tertiary/aromatic N) is 2. The van der Waals surface area contributed by atoms with Crippen molar-refractivity contribution in [2.24, 2.45) is 12.8 Å². The Labute approximate surface area is 89.7 Å². The van der Waals surface area contributed by atoms with Gasteiger partial charge >= 0.3 is 0 Å². The van der Waals surface area contributed by atoms with Crippen LogP contribution < -0.4 is 11.1 Å². The lowest BCUT2D eigenvalue weighted by Gasteiger charge is -2.12. The quantitative estimate of drug-likeness (QED) is 0.684. The molecule has 0 spiro atoms. The van der Waals surface area contributed by atoms with Gasteiger partial charge in [0.1, 0.15) is 5.82 Å². The zero-order valence-corrected chi connectivity index (χ0v) is 9.23. The molecule has 84 valence electrons. The molecule has 15 heavy (non-hydrogen) atoms. The second kappa shape index (κ2) is 5.50. The van der Waals surface area contributed by atoms with Crippen LogP contribution in [0.4, 0.5) is 0 Å². The molecule has 1 aromatic heterocycles. The number of hydrogen-bond donors (Lipinski definition) is 2. The van der Waals surface area contributed by atoms with Crippen molar-refractivity contribution in [3.8, 4) is 0 Å². The molecule has 0 aliphatic carbocycles. The third-order valence-electron chi connectivity index (χ3n) is 2.41. The minimum absolute atomic E-state index is 0.231. The molecule has 0 aliphatic heterocycles. The Kier molecular flexibility index (Phi) is 4.30. The van der Waals surface area contributed by atoms with Crippen molar-refractivity contribution < 1.29 is 4.79 Å². The van der Waals surface area contributed by atoms with Crippen molar-refractivity contribution in [3.05, 3.63) is 18.2 Å². The summed E-state index contributed by atoms with van der Waals surface area (Å²) in [6.45, 7) is 2.65. The van der Waals surface area contributed by atoms with E-state index in [9.17, 15) is 4.79 Å². The maximum atomic E-state index is 10.9. The monoisotopic (exact) mass is 210 g/mol. The number of imidazole rings is 1. The first-order chi connectivity index (χ1) is 7.15. The molecular weight excluding hydrogens is 192 g/mol. The van der Waals surface area contributed by atoms with Gasteiger partial charge in [-0.3, -0.25) is 4.79 Å². The van der Waals surface area contributed by atoms with Crippen molar-refractivity contribution in [2.45, 2.75) is 25.8 Å². The minimum atomic E-state index is -0.294. The molecule has 0 aromatic carbocycles. The lowest BCUT2D eigenvalue weighted by atomic mass is 10.2. The number of rotatable bonds is 6. The molecule has 5 nitrogen and oxygen atoms in total. The van der Waals surface area contributed by atoms with Gasteiger partial charge in [0.15, 0.2) is 0 Å². The predicted molar refractivity (Wildman–Crippen MR) is 58.2 cm³/mol. The second-order valence-electron chi connectivity index (χ2n) is 3.52. The summed E-state index contributed by atoms with van der Waals surface area (Å²) in [7, 11) is 1.95. The van der Waals surface area contributed by atoms with E-state index in [1.807, 2.05) is 24.7 Å². The highest BCUT2D eigenvalue weighted by molar-refractivity contribution is 5.79. The van der Waals surface area contributed by atoms with Gasteiger partial charge < -0.3 is 15.6 Å². The first-order valence-electron chi connectivity index (χ1n) is 5.14. The van der Waals surface area contributed by atoms with E-state index in [0.717, 1.165) is 18.7 Å². The second-order valence-corrected chi connectivity index (χ2v) is 3.52. The van der Waals surface area contributed by atoms with Gasteiger partial charge in [-0.15, -0.1) is 0 Å². The van der Waals surface area contributed by atoms with Crippen molar-refractivity contribution in [1.82, 2.24) is 14.9 Å². The number of aryl methyl sites for hydroxylation is 1. The number of primary amides is 1. The Bertz CT molecular complexity index is 321. The Balaban J connectivity index is 2.33. The fourth-order valence-corrected chi connectivity index (χ4v) is 1.44. The summed E-state index contributed by atoms with van der Waals surface area (Å²) in [5.41, 5.74) is 5.21. The number of carbonyl (C=O) groups excluding carboxylic acids is 1. The minimum Gasteiger partial charge on any atom is -0.368 e. The van der Waals surface area contributed by atoms with Crippen LogP contribution in [0.15, 0.2) is 12.4 Å². The molecule has 0 fully saturated rings. The molecule has 0 bridgehead atoms. The molecule has 1 heterocycles. The van der Waals surface area contributed by atoms with Crippen LogP contribution in [-0.2, 0) is 18.3 Å². The van der Waals surface area contributed by atoms with E-state index in [4.69, 9.17) is 5.73 Å². The number of carbonyl (C=O) groups is 1. The average molecular weight is 210 g/mol. The SMILES string of the molecule is CCC(NCCc1nccn1C)C(N)=O. The van der Waals surface area contributed by atoms with Gasteiger partial charge in [-0.05, 0) is 6.42 Å². The summed E-state index contributed by atoms with van der Waals surface area (Å²) >= 11 is 0. The highest BCUT2D eigenvalue weighted by Crippen LogP contribution is 1.95. The highest BCUT2D eigenvalue weighted by Gasteiger charge is 2.11. The van der Waals surface area contributed by atoms with E-state index in [1.54, 1.807) is 6.20 Å². The highest BCUT2D eigenvalue weighted by atomic mass is 16.1. The van der Waals surface area contributed by atoms with Crippen molar-refractivity contribution in [3.63, 3.8) is 0 Å². The summed E-state index contributed by atoms with van der Waals surface area (Å²) in [5, 5.41) is 3.11. The molecule has 0 aliphatic rings. The third-order valence-corrected chi connectivity index (χ3v) is 2.41. The molecule has 1 aromatic rings. The van der Waals surface area contributed by atoms with E-state index in [2.05, 4.69) is 10.3 Å². The Morgan fingerprint density at radius 1 is 1.73 bits per heavy atom. The largest absolute Gasteiger partial charge is 0.368 e. The van der Waals surface area contributed by atoms with Crippen LogP contribution in [0.3, 0.4) is 0 Å². The molecular formula is C10H18N4O. The zero-order chi connectivity index (χ0) is 11.3. The predicted octanol–water partition coefficient (Wildman–Crippen LogP) is -0.184. The summed E-state index contributed by atoms with van der Waals surface area (Å²) in [6.07, 6.45) is 5.19. The lowest BCUT2D eigenvalue weighted by molar-refractivity contribution is -0.120. The summed E-state index contributed by atoms with van der Waals surface area (Å²) < 4.78 is 1.97. The van der Waals surface area contributed by atoms with E-state index < -0.39 is 0 Å². The molecule has 0 saturated carbocycles. The van der Waals surface area contributed by atoms with E-state index in [0.29, 0.717) is 6.54 Å². The fraction of sp³-hybridized carbons (Fsp3) is 0.600. The maximum absolute atomic E-state index is 10.9. The van der Waals surface area contributed by atoms with Gasteiger partial charge in [0, 0.05) is 32.4 Å². The van der Waals surface area contributed by atoms with Crippen LogP contribution in [0.5, 0.6) is 0 Å². The Morgan fingerprint density at radius 3 is 2.93 bits per heavy atom. The molecule has 1 unspecified atom stereocenters. The van der Waals surface area contributed by atoms with Crippen molar-refractivity contribution >= 4 is 5.91 Å². The van der Waals surface area contributed by atoms with Crippen LogP contribution >= 0.6 is 0 Å². The number of aromatic nitrogens is 2. The van der Waals surface area contributed by atoms with Crippen LogP contribution in [-0.4, -0.2) is 28.0 Å². The number of nitrogens with two attached hydrogens (primary N) is 1. The van der Waals surface area contributed by atoms with E-state index in [1.165, 1.54) is 0 Å². The summed E-state index contributed by atoms with van der Waals surface area (Å²) in [4.78, 5) is 15.1. The first kappa shape index (κ1) is 11.7. The molecule has 1 amide bonds. The zero-order valence-electron chi connectivity index (χ0n) is 9.23. The summed E-state index contributed by atoms with van der Waals surface area (Å²) in [6, 6.07) is -0.231. The normalized spacial score (nSPS) is 12.7. The van der Waals surface area contributed by atoms with E-state index >= 15 is 0 Å². The molecule has 5 heteroatoms. The van der Waals surface area contributed by atoms with Crippen LogP contribution in [0.25, 0.3) is 0 Å². The molecule has 0 radical (unpaired) electrons. The number of amides is 1. The number of hydrogen-bond acceptors (Lipinski definition) is 3. The van der Waals surface area contributed by atoms with Gasteiger partial charge in [0.2, 0.25) is 5.91 Å². The number of nitrogens with one attached hydrogen (secondary N) is 1. The maximum Gasteiger partial charge on any atom is 0.234 e. The third kappa shape index (κ3) is 3.36. The van der Waals surface area contributed by atoms with Gasteiger partial charge in [-0.2, -0.15) is 0 Å². The van der Waals surface area contributed by atoms with E-state index in [-0.39, 0.29) is 11.9 Å².